The first-order chi connectivity index (χ1) is 15.0. The van der Waals surface area contributed by atoms with Crippen LogP contribution in [-0.4, -0.2) is 34.2 Å². The number of rotatable bonds is 8. The summed E-state index contributed by atoms with van der Waals surface area (Å²) in [6.07, 6.45) is 5.15. The van der Waals surface area contributed by atoms with Gasteiger partial charge in [0.05, 0.1) is 11.5 Å². The van der Waals surface area contributed by atoms with Gasteiger partial charge in [0.2, 0.25) is 5.82 Å². The highest BCUT2D eigenvalue weighted by atomic mass is 32.2. The number of pyridine rings is 1. The predicted octanol–water partition coefficient (Wildman–Crippen LogP) is 3.84. The minimum atomic E-state index is -0.448. The zero-order chi connectivity index (χ0) is 21.8. The molecule has 2 fully saturated rings. The van der Waals surface area contributed by atoms with Crippen LogP contribution in [0.3, 0.4) is 0 Å². The van der Waals surface area contributed by atoms with Gasteiger partial charge in [-0.05, 0) is 60.4 Å². The molecule has 2 amide bonds. The van der Waals surface area contributed by atoms with Crippen molar-refractivity contribution in [1.82, 2.24) is 10.3 Å². The van der Waals surface area contributed by atoms with E-state index in [1.807, 2.05) is 0 Å². The summed E-state index contributed by atoms with van der Waals surface area (Å²) in [6.45, 7) is 0.653. The molecule has 0 bridgehead atoms. The smallest absolute Gasteiger partial charge is 0.314 e. The fraction of sp³-hybridized carbons (Fsp3) is 0.238. The van der Waals surface area contributed by atoms with E-state index in [1.165, 1.54) is 0 Å². The van der Waals surface area contributed by atoms with Gasteiger partial charge in [-0.3, -0.25) is 25.0 Å². The number of aromatic nitrogens is 1. The summed E-state index contributed by atoms with van der Waals surface area (Å²) in [5, 5.41) is 16.2. The average Bonchev–Trinajstić information content (AvgIpc) is 3.55. The van der Waals surface area contributed by atoms with Crippen molar-refractivity contribution < 1.29 is 19.2 Å². The fourth-order valence-corrected chi connectivity index (χ4v) is 3.66. The van der Waals surface area contributed by atoms with Crippen molar-refractivity contribution in [3.05, 3.63) is 68.4 Å². The third-order valence-electron chi connectivity index (χ3n) is 4.69. The predicted molar refractivity (Wildman–Crippen MR) is 116 cm³/mol. The summed E-state index contributed by atoms with van der Waals surface area (Å²) in [5.41, 5.74) is 4.39. The van der Waals surface area contributed by atoms with Gasteiger partial charge in [0.15, 0.2) is 0 Å². The number of hydrogen-bond acceptors (Lipinski definition) is 8. The van der Waals surface area contributed by atoms with E-state index in [0.29, 0.717) is 18.9 Å². The zero-order valence-corrected chi connectivity index (χ0v) is 17.1. The maximum atomic E-state index is 11.5. The van der Waals surface area contributed by atoms with Crippen LogP contribution in [-0.2, 0) is 4.79 Å². The fourth-order valence-electron chi connectivity index (χ4n) is 3.07. The van der Waals surface area contributed by atoms with E-state index >= 15 is 0 Å². The summed E-state index contributed by atoms with van der Waals surface area (Å²) in [6, 6.07) is 8.83. The number of nitro groups is 1. The summed E-state index contributed by atoms with van der Waals surface area (Å²) in [5.74, 6) is 0.699. The monoisotopic (exact) mass is 438 g/mol. The number of ether oxygens (including phenoxy) is 1. The van der Waals surface area contributed by atoms with Gasteiger partial charge in [0.1, 0.15) is 17.3 Å². The summed E-state index contributed by atoms with van der Waals surface area (Å²) in [7, 11) is 0. The maximum Gasteiger partial charge on any atom is 0.314 e. The second-order valence-electron chi connectivity index (χ2n) is 6.93. The molecule has 1 aliphatic heterocycles. The van der Waals surface area contributed by atoms with Gasteiger partial charge in [-0.2, -0.15) is 0 Å². The molecule has 1 saturated carbocycles. The molecule has 2 aliphatic rings. The number of carbonyl (C=O) groups excluding carboxylic acids is 2. The molecular weight excluding hydrogens is 420 g/mol. The molecule has 0 atom stereocenters. The van der Waals surface area contributed by atoms with E-state index in [2.05, 4.69) is 21.3 Å². The van der Waals surface area contributed by atoms with Crippen LogP contribution in [0.5, 0.6) is 5.75 Å². The van der Waals surface area contributed by atoms with Crippen molar-refractivity contribution in [1.29, 1.82) is 0 Å². The van der Waals surface area contributed by atoms with Crippen molar-refractivity contribution in [3.63, 3.8) is 0 Å². The first kappa shape index (κ1) is 20.6. The highest BCUT2D eigenvalue weighted by molar-refractivity contribution is 8.18. The van der Waals surface area contributed by atoms with Crippen LogP contribution in [0.2, 0.25) is 0 Å². The Balaban J connectivity index is 1.31. The Hall–Kier alpha value is -3.62. The molecular formula is C21H18N4O5S. The number of hydrogen-bond donors (Lipinski definition) is 2. The molecule has 158 valence electrons. The summed E-state index contributed by atoms with van der Waals surface area (Å²) >= 11 is 0.812. The van der Waals surface area contributed by atoms with E-state index in [4.69, 9.17) is 4.74 Å². The molecule has 1 aliphatic carbocycles. The Bertz CT molecular complexity index is 1110. The Labute approximate surface area is 181 Å². The van der Waals surface area contributed by atoms with Crippen molar-refractivity contribution in [2.24, 2.45) is 0 Å². The van der Waals surface area contributed by atoms with Crippen LogP contribution in [0.4, 0.5) is 16.3 Å². The summed E-state index contributed by atoms with van der Waals surface area (Å²) < 4.78 is 5.67. The van der Waals surface area contributed by atoms with Gasteiger partial charge in [-0.25, -0.2) is 4.98 Å². The second-order valence-corrected chi connectivity index (χ2v) is 7.92. The zero-order valence-electron chi connectivity index (χ0n) is 16.3. The molecule has 1 aromatic carbocycles. The highest BCUT2D eigenvalue weighted by Gasteiger charge is 2.33. The highest BCUT2D eigenvalue weighted by Crippen LogP contribution is 2.45. The molecule has 31 heavy (non-hydrogen) atoms. The number of nitrogens with zero attached hydrogens (tertiary/aromatic N) is 2. The standard InChI is InChI=1S/C21H18N4O5S/c26-20-17(31-21(27)24-20)8-3-13-1-6-15(7-2-13)30-12-11-23-19-18(25(28)29)16(9-10-22-19)14-4-5-14/h1-3,6-7,9-10,14H,4-5,11-12H2,(H,22,23)(H,24,26,27). The van der Waals surface area contributed by atoms with Crippen molar-refractivity contribution in [3.8, 4) is 5.75 Å². The van der Waals surface area contributed by atoms with E-state index in [1.54, 1.807) is 42.6 Å². The van der Waals surface area contributed by atoms with Crippen LogP contribution in [0.1, 0.15) is 29.9 Å². The first-order valence-corrected chi connectivity index (χ1v) is 10.4. The van der Waals surface area contributed by atoms with Gasteiger partial charge in [0, 0.05) is 11.8 Å². The molecule has 0 radical (unpaired) electrons. The van der Waals surface area contributed by atoms with Crippen molar-refractivity contribution in [2.75, 3.05) is 18.5 Å². The average molecular weight is 438 g/mol. The lowest BCUT2D eigenvalue weighted by molar-refractivity contribution is -0.384. The SMILES string of the molecule is O=C1NC(=O)C(=C=Cc2ccc(OCCNc3nccc(C4CC4)c3[N+](=O)[O-])cc2)S1. The van der Waals surface area contributed by atoms with Gasteiger partial charge in [0.25, 0.3) is 11.1 Å². The molecule has 2 aromatic rings. The lowest BCUT2D eigenvalue weighted by Crippen LogP contribution is -2.17. The van der Waals surface area contributed by atoms with E-state index in [-0.39, 0.29) is 27.3 Å². The third-order valence-corrected chi connectivity index (χ3v) is 5.48. The maximum absolute atomic E-state index is 11.5. The minimum Gasteiger partial charge on any atom is -0.492 e. The Morgan fingerprint density at radius 1 is 1.29 bits per heavy atom. The van der Waals surface area contributed by atoms with Gasteiger partial charge in [-0.15, -0.1) is 0 Å². The normalized spacial score (nSPS) is 15.3. The largest absolute Gasteiger partial charge is 0.492 e. The molecule has 0 unspecified atom stereocenters. The number of imide groups is 1. The topological polar surface area (TPSA) is 123 Å². The lowest BCUT2D eigenvalue weighted by Gasteiger charge is -2.10. The number of anilines is 1. The Morgan fingerprint density at radius 3 is 2.71 bits per heavy atom. The lowest BCUT2D eigenvalue weighted by atomic mass is 10.1. The molecule has 1 aromatic heterocycles. The van der Waals surface area contributed by atoms with Crippen LogP contribution < -0.4 is 15.4 Å². The van der Waals surface area contributed by atoms with Crippen LogP contribution in [0.15, 0.2) is 47.2 Å². The number of amides is 2. The molecule has 1 saturated heterocycles. The van der Waals surface area contributed by atoms with Crippen LogP contribution in [0.25, 0.3) is 6.08 Å². The molecule has 9 nitrogen and oxygen atoms in total. The van der Waals surface area contributed by atoms with Crippen molar-refractivity contribution >= 4 is 40.5 Å². The first-order valence-electron chi connectivity index (χ1n) is 9.61. The number of thioether (sulfide) groups is 1. The van der Waals surface area contributed by atoms with E-state index in [9.17, 15) is 19.7 Å². The van der Waals surface area contributed by atoms with Crippen molar-refractivity contribution in [2.45, 2.75) is 18.8 Å². The van der Waals surface area contributed by atoms with Crippen LogP contribution >= 0.6 is 11.8 Å². The molecule has 0 spiro atoms. The Kier molecular flexibility index (Phi) is 6.01. The quantitative estimate of drug-likeness (QED) is 0.209. The number of carbonyl (C=O) groups is 2. The minimum absolute atomic E-state index is 0.0473. The molecule has 10 heteroatoms. The molecule has 2 N–H and O–H groups in total. The van der Waals surface area contributed by atoms with Crippen LogP contribution in [0, 0.1) is 10.1 Å². The van der Waals surface area contributed by atoms with E-state index in [0.717, 1.165) is 35.7 Å². The van der Waals surface area contributed by atoms with E-state index < -0.39 is 11.1 Å². The van der Waals surface area contributed by atoms with Gasteiger partial charge >= 0.3 is 5.69 Å². The molecule has 4 rings (SSSR count). The number of benzene rings is 1. The molecule has 2 heterocycles. The van der Waals surface area contributed by atoms with Gasteiger partial charge < -0.3 is 10.1 Å². The summed E-state index contributed by atoms with van der Waals surface area (Å²) in [4.78, 5) is 38.1. The Morgan fingerprint density at radius 2 is 2.06 bits per heavy atom. The second kappa shape index (κ2) is 9.03. The number of nitrogens with one attached hydrogen (secondary N) is 2. The third kappa shape index (κ3) is 5.11. The van der Waals surface area contributed by atoms with Gasteiger partial charge in [-0.1, -0.05) is 17.9 Å².